The van der Waals surface area contributed by atoms with E-state index in [4.69, 9.17) is 9.72 Å². The van der Waals surface area contributed by atoms with Crippen molar-refractivity contribution in [2.75, 3.05) is 23.7 Å². The number of benzene rings is 1. The maximum absolute atomic E-state index is 15.3. The molecular weight excluding hydrogens is 463 g/mol. The van der Waals surface area contributed by atoms with E-state index in [0.29, 0.717) is 46.8 Å². The Balaban J connectivity index is 1.72. The predicted octanol–water partition coefficient (Wildman–Crippen LogP) is 4.00. The second-order valence-corrected chi connectivity index (χ2v) is 9.57. The van der Waals surface area contributed by atoms with E-state index in [1.165, 1.54) is 16.7 Å². The highest BCUT2D eigenvalue weighted by Crippen LogP contribution is 2.44. The van der Waals surface area contributed by atoms with Crippen molar-refractivity contribution in [2.24, 2.45) is 0 Å². The minimum Gasteiger partial charge on any atom is -0.465 e. The van der Waals surface area contributed by atoms with Crippen LogP contribution in [0.1, 0.15) is 30.9 Å². The van der Waals surface area contributed by atoms with Crippen molar-refractivity contribution >= 4 is 50.5 Å². The number of anilines is 1. The maximum Gasteiger partial charge on any atom is 0.407 e. The van der Waals surface area contributed by atoms with Gasteiger partial charge < -0.3 is 19.6 Å². The second kappa shape index (κ2) is 7.24. The van der Waals surface area contributed by atoms with Gasteiger partial charge in [-0.25, -0.2) is 19.2 Å². The van der Waals surface area contributed by atoms with Gasteiger partial charge in [0.15, 0.2) is 11.0 Å². The van der Waals surface area contributed by atoms with Gasteiger partial charge in [0.2, 0.25) is 0 Å². The molecule has 1 aromatic carbocycles. The first kappa shape index (κ1) is 19.3. The molecule has 4 heterocycles. The van der Waals surface area contributed by atoms with Crippen LogP contribution in [0.3, 0.4) is 0 Å². The maximum atomic E-state index is 15.3. The molecule has 29 heavy (non-hydrogen) atoms. The smallest absolute Gasteiger partial charge is 0.407 e. The summed E-state index contributed by atoms with van der Waals surface area (Å²) in [5.74, 6) is 1.11. The molecule has 2 bridgehead atoms. The molecule has 7 nitrogen and oxygen atoms in total. The third kappa shape index (κ3) is 2.98. The highest BCUT2D eigenvalue weighted by atomic mass is 79.9. The molecular formula is C19H20BrFN4O3S. The number of nitrogens with zero attached hydrogens (tertiary/aromatic N) is 4. The lowest BCUT2D eigenvalue weighted by Crippen LogP contribution is -2.55. The zero-order valence-electron chi connectivity index (χ0n) is 15.8. The standard InChI is InChI=1S/C19H20BrFN4O3S/c1-2-29-18-22-16-13(11-7-28-8-12(11)14(20)15(16)21)17(23-18)25-9-3-4-10(25)6-24(5-9)19(26)27/h9-10H,2-8H2,1H3,(H,26,27). The van der Waals surface area contributed by atoms with Crippen molar-refractivity contribution < 1.29 is 19.0 Å². The van der Waals surface area contributed by atoms with Gasteiger partial charge in [0.25, 0.3) is 0 Å². The van der Waals surface area contributed by atoms with Gasteiger partial charge in [-0.1, -0.05) is 18.7 Å². The van der Waals surface area contributed by atoms with Crippen LogP contribution in [0.4, 0.5) is 15.0 Å². The molecule has 2 fully saturated rings. The van der Waals surface area contributed by atoms with E-state index in [1.807, 2.05) is 6.92 Å². The first-order valence-corrected chi connectivity index (χ1v) is 11.4. The van der Waals surface area contributed by atoms with E-state index in [1.54, 1.807) is 0 Å². The van der Waals surface area contributed by atoms with Crippen LogP contribution in [0.25, 0.3) is 10.9 Å². The van der Waals surface area contributed by atoms with Gasteiger partial charge in [-0.15, -0.1) is 0 Å². The van der Waals surface area contributed by atoms with Crippen molar-refractivity contribution in [3.05, 3.63) is 21.4 Å². The van der Waals surface area contributed by atoms with Gasteiger partial charge in [0, 0.05) is 30.7 Å². The van der Waals surface area contributed by atoms with E-state index in [9.17, 15) is 9.90 Å². The number of halogens is 2. The zero-order chi connectivity index (χ0) is 20.3. The number of ether oxygens (including phenoxy) is 1. The van der Waals surface area contributed by atoms with E-state index >= 15 is 4.39 Å². The van der Waals surface area contributed by atoms with Crippen LogP contribution < -0.4 is 4.90 Å². The summed E-state index contributed by atoms with van der Waals surface area (Å²) >= 11 is 4.87. The van der Waals surface area contributed by atoms with Crippen LogP contribution in [-0.2, 0) is 18.0 Å². The van der Waals surface area contributed by atoms with Crippen molar-refractivity contribution in [3.63, 3.8) is 0 Å². The normalized spacial score (nSPS) is 23.1. The molecule has 0 radical (unpaired) electrons. The Labute approximate surface area is 179 Å². The Kier molecular flexibility index (Phi) is 4.83. The summed E-state index contributed by atoms with van der Waals surface area (Å²) in [6, 6.07) is 0.0687. The lowest BCUT2D eigenvalue weighted by Gasteiger charge is -2.41. The number of hydrogen-bond donors (Lipinski definition) is 1. The zero-order valence-corrected chi connectivity index (χ0v) is 18.2. The van der Waals surface area contributed by atoms with Crippen LogP contribution in [-0.4, -0.2) is 57.0 Å². The molecule has 3 aliphatic heterocycles. The molecule has 1 N–H and O–H groups in total. The number of amides is 1. The second-order valence-electron chi connectivity index (χ2n) is 7.54. The fourth-order valence-electron chi connectivity index (χ4n) is 4.74. The molecule has 2 saturated heterocycles. The summed E-state index contributed by atoms with van der Waals surface area (Å²) in [5, 5.41) is 10.7. The van der Waals surface area contributed by atoms with E-state index in [0.717, 1.165) is 35.5 Å². The molecule has 0 saturated carbocycles. The average Bonchev–Trinajstić information content (AvgIpc) is 3.28. The summed E-state index contributed by atoms with van der Waals surface area (Å²) < 4.78 is 21.3. The number of aromatic nitrogens is 2. The highest BCUT2D eigenvalue weighted by molar-refractivity contribution is 9.10. The minimum absolute atomic E-state index is 0.0344. The molecule has 2 atom stereocenters. The Morgan fingerprint density at radius 3 is 2.62 bits per heavy atom. The summed E-state index contributed by atoms with van der Waals surface area (Å²) in [7, 11) is 0. The predicted molar refractivity (Wildman–Crippen MR) is 111 cm³/mol. The largest absolute Gasteiger partial charge is 0.465 e. The van der Waals surface area contributed by atoms with Crippen molar-refractivity contribution in [1.82, 2.24) is 14.9 Å². The van der Waals surface area contributed by atoms with Gasteiger partial charge in [-0.3, -0.25) is 0 Å². The molecule has 1 aromatic heterocycles. The van der Waals surface area contributed by atoms with Gasteiger partial charge >= 0.3 is 6.09 Å². The summed E-state index contributed by atoms with van der Waals surface area (Å²) in [5.41, 5.74) is 2.05. The fourth-order valence-corrected chi connectivity index (χ4v) is 5.84. The lowest BCUT2D eigenvalue weighted by atomic mass is 10.0. The monoisotopic (exact) mass is 482 g/mol. The summed E-state index contributed by atoms with van der Waals surface area (Å²) in [6.07, 6.45) is 0.905. The SMILES string of the molecule is CCSc1nc(N2C3CCC2CN(C(=O)O)C3)c2c3c(c(Br)c(F)c2n1)COC3. The van der Waals surface area contributed by atoms with E-state index in [2.05, 4.69) is 25.8 Å². The van der Waals surface area contributed by atoms with E-state index in [-0.39, 0.29) is 17.9 Å². The number of carboxylic acid groups (broad SMARTS) is 1. The average molecular weight is 483 g/mol. The molecule has 2 unspecified atom stereocenters. The number of likely N-dealkylation sites (tertiary alicyclic amines) is 1. The molecule has 0 spiro atoms. The number of piperazine rings is 1. The Morgan fingerprint density at radius 1 is 1.28 bits per heavy atom. The fraction of sp³-hybridized carbons (Fsp3) is 0.526. The van der Waals surface area contributed by atoms with Gasteiger partial charge in [0.1, 0.15) is 11.3 Å². The van der Waals surface area contributed by atoms with Crippen LogP contribution in [0.5, 0.6) is 0 Å². The van der Waals surface area contributed by atoms with Gasteiger partial charge in [-0.05, 0) is 40.1 Å². The third-order valence-corrected chi connectivity index (χ3v) is 7.52. The first-order chi connectivity index (χ1) is 14.0. The molecule has 0 aliphatic carbocycles. The molecule has 1 amide bonds. The van der Waals surface area contributed by atoms with Crippen LogP contribution in [0.15, 0.2) is 9.63 Å². The van der Waals surface area contributed by atoms with Crippen LogP contribution >= 0.6 is 27.7 Å². The molecule has 3 aliphatic rings. The Bertz CT molecular complexity index is 1010. The number of carbonyl (C=O) groups is 1. The van der Waals surface area contributed by atoms with Crippen LogP contribution in [0.2, 0.25) is 0 Å². The van der Waals surface area contributed by atoms with Crippen molar-refractivity contribution in [2.45, 2.75) is 50.2 Å². The number of fused-ring (bicyclic) bond motifs is 5. The number of hydrogen-bond acceptors (Lipinski definition) is 6. The van der Waals surface area contributed by atoms with Gasteiger partial charge in [0.05, 0.1) is 23.1 Å². The van der Waals surface area contributed by atoms with Gasteiger partial charge in [-0.2, -0.15) is 0 Å². The van der Waals surface area contributed by atoms with Crippen molar-refractivity contribution in [3.8, 4) is 0 Å². The highest BCUT2D eigenvalue weighted by Gasteiger charge is 2.43. The van der Waals surface area contributed by atoms with Crippen molar-refractivity contribution in [1.29, 1.82) is 0 Å². The quantitative estimate of drug-likeness (QED) is 0.522. The topological polar surface area (TPSA) is 78.8 Å². The summed E-state index contributed by atoms with van der Waals surface area (Å²) in [4.78, 5) is 24.6. The third-order valence-electron chi connectivity index (χ3n) is 5.96. The molecule has 2 aromatic rings. The summed E-state index contributed by atoms with van der Waals surface area (Å²) in [6.45, 7) is 3.63. The number of rotatable bonds is 3. The molecule has 5 rings (SSSR count). The number of thioether (sulfide) groups is 1. The Hall–Kier alpha value is -1.65. The Morgan fingerprint density at radius 2 is 1.97 bits per heavy atom. The lowest BCUT2D eigenvalue weighted by molar-refractivity contribution is 0.133. The van der Waals surface area contributed by atoms with Crippen LogP contribution in [0, 0.1) is 5.82 Å². The first-order valence-electron chi connectivity index (χ1n) is 9.66. The minimum atomic E-state index is -0.888. The molecule has 10 heteroatoms. The van der Waals surface area contributed by atoms with E-state index < -0.39 is 6.09 Å². The molecule has 154 valence electrons.